The van der Waals surface area contributed by atoms with Crippen LogP contribution >= 0.6 is 0 Å². The fourth-order valence-electron chi connectivity index (χ4n) is 2.25. The van der Waals surface area contributed by atoms with Crippen molar-refractivity contribution in [1.82, 2.24) is 9.97 Å². The second kappa shape index (κ2) is 7.11. The third-order valence-corrected chi connectivity index (χ3v) is 3.49. The molecular weight excluding hydrogens is 278 g/mol. The van der Waals surface area contributed by atoms with Crippen molar-refractivity contribution in [2.24, 2.45) is 5.92 Å². The normalized spacial score (nSPS) is 10.8. The molecule has 0 radical (unpaired) electrons. The van der Waals surface area contributed by atoms with Crippen LogP contribution in [-0.2, 0) is 0 Å². The number of H-pyrrole nitrogens is 1. The maximum Gasteiger partial charge on any atom is 0.260 e. The van der Waals surface area contributed by atoms with E-state index < -0.39 is 0 Å². The molecular formula is C17H23N3O2. The third kappa shape index (κ3) is 3.87. The van der Waals surface area contributed by atoms with Crippen molar-refractivity contribution in [3.63, 3.8) is 0 Å². The SMILES string of the molecule is COc1ccc(-c2c(C)nc(NCCC(C)C)[nH]c2=O)cc1. The molecule has 0 bridgehead atoms. The van der Waals surface area contributed by atoms with Gasteiger partial charge in [0, 0.05) is 6.54 Å². The fourth-order valence-corrected chi connectivity index (χ4v) is 2.25. The number of hydrogen-bond donors (Lipinski definition) is 2. The number of nitrogens with zero attached hydrogens (tertiary/aromatic N) is 1. The summed E-state index contributed by atoms with van der Waals surface area (Å²) in [5.74, 6) is 1.90. The molecule has 118 valence electrons. The molecule has 0 unspecified atom stereocenters. The number of anilines is 1. The van der Waals surface area contributed by atoms with E-state index in [9.17, 15) is 4.79 Å². The van der Waals surface area contributed by atoms with Gasteiger partial charge < -0.3 is 10.1 Å². The molecule has 2 aromatic rings. The van der Waals surface area contributed by atoms with Gasteiger partial charge in [-0.2, -0.15) is 0 Å². The summed E-state index contributed by atoms with van der Waals surface area (Å²) in [6.45, 7) is 6.97. The van der Waals surface area contributed by atoms with Crippen LogP contribution in [0.1, 0.15) is 26.0 Å². The standard InChI is InChI=1S/C17H23N3O2/c1-11(2)9-10-18-17-19-12(3)15(16(21)20-17)13-5-7-14(22-4)8-6-13/h5-8,11H,9-10H2,1-4H3,(H2,18,19,20,21). The molecule has 2 N–H and O–H groups in total. The van der Waals surface area contributed by atoms with Gasteiger partial charge in [0.25, 0.3) is 5.56 Å². The number of ether oxygens (including phenoxy) is 1. The summed E-state index contributed by atoms with van der Waals surface area (Å²) in [5, 5.41) is 3.17. The van der Waals surface area contributed by atoms with E-state index in [4.69, 9.17) is 4.74 Å². The molecule has 0 amide bonds. The number of methoxy groups -OCH3 is 1. The molecule has 0 aliphatic heterocycles. The molecule has 0 saturated carbocycles. The summed E-state index contributed by atoms with van der Waals surface area (Å²) in [4.78, 5) is 19.6. The van der Waals surface area contributed by atoms with Crippen LogP contribution in [0.4, 0.5) is 5.95 Å². The third-order valence-electron chi connectivity index (χ3n) is 3.49. The highest BCUT2D eigenvalue weighted by molar-refractivity contribution is 5.66. The average Bonchev–Trinajstić information content (AvgIpc) is 2.47. The van der Waals surface area contributed by atoms with Crippen molar-refractivity contribution in [2.45, 2.75) is 27.2 Å². The smallest absolute Gasteiger partial charge is 0.260 e. The van der Waals surface area contributed by atoms with Gasteiger partial charge in [-0.25, -0.2) is 4.98 Å². The fraction of sp³-hybridized carbons (Fsp3) is 0.412. The first-order chi connectivity index (χ1) is 10.5. The van der Waals surface area contributed by atoms with Gasteiger partial charge >= 0.3 is 0 Å². The molecule has 0 fully saturated rings. The molecule has 5 nitrogen and oxygen atoms in total. The van der Waals surface area contributed by atoms with Gasteiger partial charge in [-0.1, -0.05) is 26.0 Å². The Hall–Kier alpha value is -2.30. The lowest BCUT2D eigenvalue weighted by Gasteiger charge is -2.10. The topological polar surface area (TPSA) is 67.0 Å². The maximum absolute atomic E-state index is 12.3. The van der Waals surface area contributed by atoms with E-state index in [-0.39, 0.29) is 5.56 Å². The van der Waals surface area contributed by atoms with Crippen LogP contribution in [-0.4, -0.2) is 23.6 Å². The van der Waals surface area contributed by atoms with E-state index in [0.29, 0.717) is 23.1 Å². The van der Waals surface area contributed by atoms with Gasteiger partial charge in [-0.15, -0.1) is 0 Å². The predicted molar refractivity (Wildman–Crippen MR) is 89.5 cm³/mol. The summed E-state index contributed by atoms with van der Waals surface area (Å²) < 4.78 is 5.14. The molecule has 5 heteroatoms. The minimum Gasteiger partial charge on any atom is -0.497 e. The molecule has 1 aromatic carbocycles. The molecule has 0 spiro atoms. The minimum absolute atomic E-state index is 0.135. The summed E-state index contributed by atoms with van der Waals surface area (Å²) >= 11 is 0. The Balaban J connectivity index is 2.24. The zero-order valence-electron chi connectivity index (χ0n) is 13.6. The zero-order chi connectivity index (χ0) is 16.1. The van der Waals surface area contributed by atoms with Crippen molar-refractivity contribution in [2.75, 3.05) is 19.0 Å². The zero-order valence-corrected chi connectivity index (χ0v) is 13.6. The Morgan fingerprint density at radius 2 is 1.95 bits per heavy atom. The predicted octanol–water partition coefficient (Wildman–Crippen LogP) is 3.21. The number of rotatable bonds is 6. The van der Waals surface area contributed by atoms with Crippen molar-refractivity contribution in [1.29, 1.82) is 0 Å². The van der Waals surface area contributed by atoms with E-state index in [2.05, 4.69) is 29.1 Å². The number of aromatic nitrogens is 2. The monoisotopic (exact) mass is 301 g/mol. The lowest BCUT2D eigenvalue weighted by atomic mass is 10.1. The number of benzene rings is 1. The number of hydrogen-bond acceptors (Lipinski definition) is 4. The van der Waals surface area contributed by atoms with Crippen LogP contribution in [0.3, 0.4) is 0 Å². The molecule has 1 heterocycles. The van der Waals surface area contributed by atoms with Crippen LogP contribution in [0.5, 0.6) is 5.75 Å². The van der Waals surface area contributed by atoms with E-state index in [1.54, 1.807) is 7.11 Å². The largest absolute Gasteiger partial charge is 0.497 e. The van der Waals surface area contributed by atoms with E-state index >= 15 is 0 Å². The van der Waals surface area contributed by atoms with Gasteiger partial charge in [0.2, 0.25) is 5.95 Å². The average molecular weight is 301 g/mol. The summed E-state index contributed by atoms with van der Waals surface area (Å²) in [6.07, 6.45) is 1.03. The van der Waals surface area contributed by atoms with Gasteiger partial charge in [0.05, 0.1) is 18.4 Å². The summed E-state index contributed by atoms with van der Waals surface area (Å²) in [7, 11) is 1.62. The van der Waals surface area contributed by atoms with Gasteiger partial charge in [-0.05, 0) is 37.0 Å². The van der Waals surface area contributed by atoms with Crippen molar-refractivity contribution < 1.29 is 4.74 Å². The van der Waals surface area contributed by atoms with Crippen LogP contribution in [0.2, 0.25) is 0 Å². The second-order valence-corrected chi connectivity index (χ2v) is 5.71. The maximum atomic E-state index is 12.3. The second-order valence-electron chi connectivity index (χ2n) is 5.71. The van der Waals surface area contributed by atoms with Crippen LogP contribution < -0.4 is 15.6 Å². The number of aryl methyl sites for hydroxylation is 1. The van der Waals surface area contributed by atoms with E-state index in [1.165, 1.54) is 0 Å². The van der Waals surface area contributed by atoms with Crippen LogP contribution in [0.15, 0.2) is 29.1 Å². The summed E-state index contributed by atoms with van der Waals surface area (Å²) in [5.41, 5.74) is 2.00. The Kier molecular flexibility index (Phi) is 5.20. The van der Waals surface area contributed by atoms with E-state index in [0.717, 1.165) is 24.3 Å². The van der Waals surface area contributed by atoms with E-state index in [1.807, 2.05) is 31.2 Å². The lowest BCUT2D eigenvalue weighted by molar-refractivity contribution is 0.415. The Bertz CT molecular complexity index is 675. The first-order valence-corrected chi connectivity index (χ1v) is 7.50. The molecule has 22 heavy (non-hydrogen) atoms. The van der Waals surface area contributed by atoms with Crippen LogP contribution in [0.25, 0.3) is 11.1 Å². The van der Waals surface area contributed by atoms with Crippen molar-refractivity contribution in [3.8, 4) is 16.9 Å². The van der Waals surface area contributed by atoms with Crippen molar-refractivity contribution in [3.05, 3.63) is 40.3 Å². The van der Waals surface area contributed by atoms with Gasteiger partial charge in [0.1, 0.15) is 5.75 Å². The molecule has 1 aromatic heterocycles. The number of nitrogens with one attached hydrogen (secondary N) is 2. The highest BCUT2D eigenvalue weighted by Gasteiger charge is 2.10. The molecule has 0 aliphatic rings. The Labute approximate surface area is 130 Å². The molecule has 0 aliphatic carbocycles. The first-order valence-electron chi connectivity index (χ1n) is 7.50. The minimum atomic E-state index is -0.135. The Morgan fingerprint density at radius 1 is 1.27 bits per heavy atom. The molecule has 0 atom stereocenters. The van der Waals surface area contributed by atoms with Gasteiger partial charge in [0.15, 0.2) is 0 Å². The highest BCUT2D eigenvalue weighted by Crippen LogP contribution is 2.21. The number of aromatic amines is 1. The van der Waals surface area contributed by atoms with Gasteiger partial charge in [-0.3, -0.25) is 9.78 Å². The van der Waals surface area contributed by atoms with Crippen molar-refractivity contribution >= 4 is 5.95 Å². The molecule has 2 rings (SSSR count). The lowest BCUT2D eigenvalue weighted by Crippen LogP contribution is -2.17. The molecule has 0 saturated heterocycles. The Morgan fingerprint density at radius 3 is 2.50 bits per heavy atom. The first kappa shape index (κ1) is 16.1. The highest BCUT2D eigenvalue weighted by atomic mass is 16.5. The quantitative estimate of drug-likeness (QED) is 0.859. The summed E-state index contributed by atoms with van der Waals surface area (Å²) in [6, 6.07) is 7.40. The van der Waals surface area contributed by atoms with Crippen LogP contribution in [0, 0.1) is 12.8 Å².